The van der Waals surface area contributed by atoms with E-state index in [9.17, 15) is 5.26 Å². The number of methoxy groups -OCH3 is 2. The van der Waals surface area contributed by atoms with E-state index in [0.717, 1.165) is 49.8 Å². The van der Waals surface area contributed by atoms with Gasteiger partial charge < -0.3 is 14.4 Å². The van der Waals surface area contributed by atoms with Gasteiger partial charge in [-0.3, -0.25) is 4.90 Å². The van der Waals surface area contributed by atoms with Crippen LogP contribution in [0.4, 0.5) is 5.82 Å². The van der Waals surface area contributed by atoms with Gasteiger partial charge in [-0.15, -0.1) is 0 Å². The first-order chi connectivity index (χ1) is 12.2. The molecule has 1 aliphatic rings. The molecule has 0 amide bonds. The third kappa shape index (κ3) is 3.80. The Hall–Kier alpha value is -2.85. The summed E-state index contributed by atoms with van der Waals surface area (Å²) >= 11 is 0. The summed E-state index contributed by atoms with van der Waals surface area (Å²) in [6.07, 6.45) is 3.18. The average Bonchev–Trinajstić information content (AvgIpc) is 2.68. The summed E-state index contributed by atoms with van der Waals surface area (Å²) in [5.74, 6) is 2.36. The van der Waals surface area contributed by atoms with Crippen LogP contribution in [0.1, 0.15) is 11.3 Å². The fourth-order valence-electron chi connectivity index (χ4n) is 3.01. The van der Waals surface area contributed by atoms with Crippen molar-refractivity contribution in [1.29, 1.82) is 5.26 Å². The maximum absolute atomic E-state index is 9.19. The Morgan fingerprint density at radius 1 is 1.08 bits per heavy atom. The Labute approximate surface area is 147 Å². The first-order valence-corrected chi connectivity index (χ1v) is 8.14. The first-order valence-electron chi connectivity index (χ1n) is 8.14. The Morgan fingerprint density at radius 3 is 2.52 bits per heavy atom. The second-order valence-electron chi connectivity index (χ2n) is 5.78. The van der Waals surface area contributed by atoms with E-state index in [4.69, 9.17) is 9.47 Å². The molecule has 0 N–H and O–H groups in total. The molecule has 1 saturated heterocycles. The van der Waals surface area contributed by atoms with E-state index in [1.54, 1.807) is 26.6 Å². The van der Waals surface area contributed by atoms with Gasteiger partial charge in [-0.2, -0.15) is 5.26 Å². The predicted molar refractivity (Wildman–Crippen MR) is 93.8 cm³/mol. The maximum atomic E-state index is 9.19. The summed E-state index contributed by atoms with van der Waals surface area (Å²) < 4.78 is 10.8. The smallest absolute Gasteiger partial charge is 0.183 e. The molecule has 1 aliphatic heterocycles. The Morgan fingerprint density at radius 2 is 1.84 bits per heavy atom. The number of hydrogen-bond acceptors (Lipinski definition) is 7. The largest absolute Gasteiger partial charge is 0.497 e. The standard InChI is InChI=1S/C18H21N5O2/c1-24-15-3-4-17(25-2)14(11-15)13-22-7-9-23(10-8-22)18-16(12-19)20-5-6-21-18/h3-6,11H,7-10,13H2,1-2H3. The van der Waals surface area contributed by atoms with Crippen molar-refractivity contribution < 1.29 is 9.47 Å². The number of ether oxygens (including phenoxy) is 2. The number of anilines is 1. The number of piperazine rings is 1. The fourth-order valence-corrected chi connectivity index (χ4v) is 3.01. The molecule has 2 aromatic rings. The van der Waals surface area contributed by atoms with Crippen LogP contribution in [0.25, 0.3) is 0 Å². The van der Waals surface area contributed by atoms with Crippen molar-refractivity contribution >= 4 is 5.82 Å². The normalized spacial score (nSPS) is 14.8. The van der Waals surface area contributed by atoms with Gasteiger partial charge in [0.05, 0.1) is 14.2 Å². The van der Waals surface area contributed by atoms with Crippen LogP contribution in [0.5, 0.6) is 11.5 Å². The van der Waals surface area contributed by atoms with Crippen LogP contribution < -0.4 is 14.4 Å². The van der Waals surface area contributed by atoms with Gasteiger partial charge in [0.1, 0.15) is 17.6 Å². The Balaban J connectivity index is 1.66. The van der Waals surface area contributed by atoms with Gasteiger partial charge in [0.2, 0.25) is 0 Å². The quantitative estimate of drug-likeness (QED) is 0.820. The summed E-state index contributed by atoms with van der Waals surface area (Å²) in [5.41, 5.74) is 1.48. The molecule has 2 heterocycles. The van der Waals surface area contributed by atoms with E-state index in [-0.39, 0.29) is 0 Å². The minimum Gasteiger partial charge on any atom is -0.497 e. The highest BCUT2D eigenvalue weighted by molar-refractivity contribution is 5.49. The molecular formula is C18H21N5O2. The summed E-state index contributed by atoms with van der Waals surface area (Å²) in [6.45, 7) is 4.16. The fraction of sp³-hybridized carbons (Fsp3) is 0.389. The van der Waals surface area contributed by atoms with Crippen LogP contribution >= 0.6 is 0 Å². The molecule has 3 rings (SSSR count). The third-order valence-electron chi connectivity index (χ3n) is 4.34. The monoisotopic (exact) mass is 339 g/mol. The van der Waals surface area contributed by atoms with E-state index in [2.05, 4.69) is 25.8 Å². The molecule has 0 spiro atoms. The second kappa shape index (κ2) is 7.81. The van der Waals surface area contributed by atoms with Gasteiger partial charge in [0.15, 0.2) is 11.5 Å². The maximum Gasteiger partial charge on any atom is 0.183 e. The van der Waals surface area contributed by atoms with Crippen LogP contribution in [0.3, 0.4) is 0 Å². The highest BCUT2D eigenvalue weighted by Crippen LogP contribution is 2.26. The van der Waals surface area contributed by atoms with E-state index in [1.165, 1.54) is 0 Å². The van der Waals surface area contributed by atoms with E-state index in [0.29, 0.717) is 11.5 Å². The van der Waals surface area contributed by atoms with Crippen molar-refractivity contribution in [3.63, 3.8) is 0 Å². The van der Waals surface area contributed by atoms with Gasteiger partial charge in [-0.05, 0) is 18.2 Å². The summed E-state index contributed by atoms with van der Waals surface area (Å²) in [5, 5.41) is 9.19. The molecule has 7 nitrogen and oxygen atoms in total. The highest BCUT2D eigenvalue weighted by Gasteiger charge is 2.21. The van der Waals surface area contributed by atoms with Crippen LogP contribution in [-0.2, 0) is 6.54 Å². The molecule has 0 atom stereocenters. The molecule has 7 heteroatoms. The molecule has 0 saturated carbocycles. The number of nitriles is 1. The van der Waals surface area contributed by atoms with Crippen molar-refractivity contribution in [2.45, 2.75) is 6.54 Å². The van der Waals surface area contributed by atoms with Crippen molar-refractivity contribution in [3.8, 4) is 17.6 Å². The van der Waals surface area contributed by atoms with Crippen molar-refractivity contribution in [2.24, 2.45) is 0 Å². The SMILES string of the molecule is COc1ccc(OC)c(CN2CCN(c3nccnc3C#N)CC2)c1. The number of rotatable bonds is 5. The van der Waals surface area contributed by atoms with Gasteiger partial charge in [0, 0.05) is 50.7 Å². The summed E-state index contributed by atoms with van der Waals surface area (Å²) in [6, 6.07) is 7.96. The van der Waals surface area contributed by atoms with E-state index >= 15 is 0 Å². The molecule has 0 bridgehead atoms. The summed E-state index contributed by atoms with van der Waals surface area (Å²) in [7, 11) is 3.35. The van der Waals surface area contributed by atoms with Gasteiger partial charge in [-0.25, -0.2) is 9.97 Å². The zero-order valence-electron chi connectivity index (χ0n) is 14.5. The Bertz CT molecular complexity index is 766. The van der Waals surface area contributed by atoms with E-state index in [1.807, 2.05) is 18.2 Å². The molecule has 1 aromatic heterocycles. The van der Waals surface area contributed by atoms with Crippen LogP contribution in [0.2, 0.25) is 0 Å². The lowest BCUT2D eigenvalue weighted by molar-refractivity contribution is 0.245. The van der Waals surface area contributed by atoms with Crippen LogP contribution in [-0.4, -0.2) is 55.3 Å². The van der Waals surface area contributed by atoms with Crippen molar-refractivity contribution in [3.05, 3.63) is 41.9 Å². The number of benzene rings is 1. The average molecular weight is 339 g/mol. The van der Waals surface area contributed by atoms with Crippen LogP contribution in [0.15, 0.2) is 30.6 Å². The minimum absolute atomic E-state index is 0.380. The van der Waals surface area contributed by atoms with E-state index < -0.39 is 0 Å². The highest BCUT2D eigenvalue weighted by atomic mass is 16.5. The lowest BCUT2D eigenvalue weighted by Crippen LogP contribution is -2.46. The topological polar surface area (TPSA) is 74.5 Å². The molecule has 25 heavy (non-hydrogen) atoms. The lowest BCUT2D eigenvalue weighted by atomic mass is 10.1. The van der Waals surface area contributed by atoms with Gasteiger partial charge in [-0.1, -0.05) is 0 Å². The first kappa shape index (κ1) is 17.0. The second-order valence-corrected chi connectivity index (χ2v) is 5.78. The molecule has 130 valence electrons. The lowest BCUT2D eigenvalue weighted by Gasteiger charge is -2.35. The molecule has 1 fully saturated rings. The third-order valence-corrected chi connectivity index (χ3v) is 4.34. The van der Waals surface area contributed by atoms with Crippen molar-refractivity contribution in [2.75, 3.05) is 45.3 Å². The number of hydrogen-bond donors (Lipinski definition) is 0. The van der Waals surface area contributed by atoms with Gasteiger partial charge >= 0.3 is 0 Å². The molecule has 0 aliphatic carbocycles. The Kier molecular flexibility index (Phi) is 5.31. The molecule has 0 radical (unpaired) electrons. The summed E-state index contributed by atoms with van der Waals surface area (Å²) in [4.78, 5) is 12.9. The molecule has 1 aromatic carbocycles. The molecule has 0 unspecified atom stereocenters. The zero-order chi connectivity index (χ0) is 17.6. The minimum atomic E-state index is 0.380. The number of nitrogens with zero attached hydrogens (tertiary/aromatic N) is 5. The van der Waals surface area contributed by atoms with Crippen LogP contribution in [0, 0.1) is 11.3 Å². The van der Waals surface area contributed by atoms with Gasteiger partial charge in [0.25, 0.3) is 0 Å². The predicted octanol–water partition coefficient (Wildman–Crippen LogP) is 1.69. The number of aromatic nitrogens is 2. The van der Waals surface area contributed by atoms with Crippen molar-refractivity contribution in [1.82, 2.24) is 14.9 Å². The molecular weight excluding hydrogens is 318 g/mol. The zero-order valence-corrected chi connectivity index (χ0v) is 14.5.